The second-order valence-corrected chi connectivity index (χ2v) is 9.34. The Hall–Kier alpha value is -3.63. The summed E-state index contributed by atoms with van der Waals surface area (Å²) in [6.07, 6.45) is -1.35. The first-order valence-electron chi connectivity index (χ1n) is 10.3. The Morgan fingerprint density at radius 3 is 2.15 bits per heavy atom. The number of benzene rings is 3. The molecule has 4 rings (SSSR count). The molecule has 0 bridgehead atoms. The van der Waals surface area contributed by atoms with E-state index < -0.39 is 52.2 Å². The molecule has 10 heteroatoms. The average Bonchev–Trinajstić information content (AvgIpc) is 2.82. The van der Waals surface area contributed by atoms with Crippen molar-refractivity contribution in [3.05, 3.63) is 102 Å². The van der Waals surface area contributed by atoms with Crippen LogP contribution in [0.3, 0.4) is 0 Å². The molecule has 34 heavy (non-hydrogen) atoms. The molecule has 0 unspecified atom stereocenters. The molecule has 1 aliphatic heterocycles. The second kappa shape index (κ2) is 9.70. The van der Waals surface area contributed by atoms with E-state index in [-0.39, 0.29) is 11.4 Å². The number of morpholine rings is 1. The van der Waals surface area contributed by atoms with E-state index in [0.717, 1.165) is 24.3 Å². The van der Waals surface area contributed by atoms with Crippen LogP contribution >= 0.6 is 0 Å². The number of nitrogens with one attached hydrogen (secondary N) is 1. The molecule has 1 heterocycles. The van der Waals surface area contributed by atoms with E-state index in [4.69, 9.17) is 4.74 Å². The first-order valence-corrected chi connectivity index (χ1v) is 11.8. The SMILES string of the molecule is O=C(NS(=O)(=O)c1ccc(F)cc1)[C@@H]1OCC(=O)N(Cc2ccc(F)cc2)[C@@H]1c1ccccc1. The fourth-order valence-corrected chi connectivity index (χ4v) is 4.71. The predicted molar refractivity (Wildman–Crippen MR) is 118 cm³/mol. The van der Waals surface area contributed by atoms with E-state index in [0.29, 0.717) is 11.1 Å². The van der Waals surface area contributed by atoms with Gasteiger partial charge in [-0.3, -0.25) is 9.59 Å². The van der Waals surface area contributed by atoms with Crippen LogP contribution in [0.4, 0.5) is 8.78 Å². The third-order valence-electron chi connectivity index (χ3n) is 5.35. The topological polar surface area (TPSA) is 92.8 Å². The molecule has 0 spiro atoms. The molecule has 1 fully saturated rings. The van der Waals surface area contributed by atoms with E-state index in [1.807, 2.05) is 4.72 Å². The maximum absolute atomic E-state index is 13.3. The van der Waals surface area contributed by atoms with Crippen molar-refractivity contribution >= 4 is 21.8 Å². The third kappa shape index (κ3) is 5.13. The highest BCUT2D eigenvalue weighted by Crippen LogP contribution is 2.32. The van der Waals surface area contributed by atoms with Gasteiger partial charge < -0.3 is 9.64 Å². The Morgan fingerprint density at radius 1 is 0.941 bits per heavy atom. The molecular weight excluding hydrogens is 466 g/mol. The van der Waals surface area contributed by atoms with Gasteiger partial charge in [-0.05, 0) is 47.5 Å². The van der Waals surface area contributed by atoms with Gasteiger partial charge in [-0.1, -0.05) is 42.5 Å². The molecule has 0 saturated carbocycles. The molecule has 1 N–H and O–H groups in total. The Labute approximate surface area is 195 Å². The lowest BCUT2D eigenvalue weighted by Crippen LogP contribution is -2.54. The van der Waals surface area contributed by atoms with Crippen molar-refractivity contribution in [2.75, 3.05) is 6.61 Å². The Bertz CT molecular complexity index is 1280. The van der Waals surface area contributed by atoms with Crippen molar-refractivity contribution in [2.24, 2.45) is 0 Å². The zero-order chi connectivity index (χ0) is 24.3. The summed E-state index contributed by atoms with van der Waals surface area (Å²) in [4.78, 5) is 27.0. The molecule has 0 aromatic heterocycles. The number of halogens is 2. The number of nitrogens with zero attached hydrogens (tertiary/aromatic N) is 1. The van der Waals surface area contributed by atoms with E-state index in [2.05, 4.69) is 0 Å². The maximum Gasteiger partial charge on any atom is 0.265 e. The Balaban J connectivity index is 1.65. The van der Waals surface area contributed by atoms with Crippen LogP contribution in [-0.4, -0.2) is 37.8 Å². The maximum atomic E-state index is 13.3. The molecule has 3 aromatic rings. The molecule has 176 valence electrons. The molecule has 2 atom stereocenters. The van der Waals surface area contributed by atoms with Gasteiger partial charge in [-0.15, -0.1) is 0 Å². The van der Waals surface area contributed by atoms with Gasteiger partial charge >= 0.3 is 0 Å². The van der Waals surface area contributed by atoms with Crippen LogP contribution in [0.1, 0.15) is 17.2 Å². The van der Waals surface area contributed by atoms with Crippen LogP contribution in [0.2, 0.25) is 0 Å². The van der Waals surface area contributed by atoms with Gasteiger partial charge in [0.05, 0.1) is 10.9 Å². The highest BCUT2D eigenvalue weighted by Gasteiger charge is 2.42. The summed E-state index contributed by atoms with van der Waals surface area (Å²) in [6, 6.07) is 17.2. The van der Waals surface area contributed by atoms with E-state index >= 15 is 0 Å². The molecule has 7 nitrogen and oxygen atoms in total. The number of hydrogen-bond donors (Lipinski definition) is 1. The van der Waals surface area contributed by atoms with Crippen LogP contribution in [-0.2, 0) is 30.9 Å². The molecule has 2 amide bonds. The van der Waals surface area contributed by atoms with Crippen molar-refractivity contribution in [1.82, 2.24) is 9.62 Å². The average molecular weight is 486 g/mol. The van der Waals surface area contributed by atoms with Crippen LogP contribution < -0.4 is 4.72 Å². The largest absolute Gasteiger partial charge is 0.356 e. The molecule has 0 radical (unpaired) electrons. The summed E-state index contributed by atoms with van der Waals surface area (Å²) in [5, 5.41) is 0. The van der Waals surface area contributed by atoms with Gasteiger partial charge in [0.15, 0.2) is 6.10 Å². The summed E-state index contributed by atoms with van der Waals surface area (Å²) in [5.74, 6) is -2.45. The number of amides is 2. The lowest BCUT2D eigenvalue weighted by atomic mass is 9.96. The predicted octanol–water partition coefficient (Wildman–Crippen LogP) is 2.94. The number of carbonyl (C=O) groups excluding carboxylic acids is 2. The van der Waals surface area contributed by atoms with Crippen LogP contribution in [0.15, 0.2) is 83.8 Å². The summed E-state index contributed by atoms with van der Waals surface area (Å²) in [6.45, 7) is -0.393. The summed E-state index contributed by atoms with van der Waals surface area (Å²) >= 11 is 0. The number of sulfonamides is 1. The fourth-order valence-electron chi connectivity index (χ4n) is 3.71. The molecule has 1 saturated heterocycles. The monoisotopic (exact) mass is 486 g/mol. The number of rotatable bonds is 6. The van der Waals surface area contributed by atoms with Crippen LogP contribution in [0.5, 0.6) is 0 Å². The van der Waals surface area contributed by atoms with Crippen molar-refractivity contribution in [3.8, 4) is 0 Å². The third-order valence-corrected chi connectivity index (χ3v) is 6.72. The molecular formula is C24H20F2N2O5S. The van der Waals surface area contributed by atoms with Crippen molar-refractivity contribution < 1.29 is 31.5 Å². The minimum absolute atomic E-state index is 0.0521. The molecule has 3 aromatic carbocycles. The van der Waals surface area contributed by atoms with Gasteiger partial charge in [0, 0.05) is 6.54 Å². The lowest BCUT2D eigenvalue weighted by molar-refractivity contribution is -0.164. The van der Waals surface area contributed by atoms with E-state index in [1.54, 1.807) is 30.3 Å². The first kappa shape index (κ1) is 23.5. The van der Waals surface area contributed by atoms with Crippen LogP contribution in [0, 0.1) is 11.6 Å². The molecule has 1 aliphatic rings. The van der Waals surface area contributed by atoms with Gasteiger partial charge in [-0.25, -0.2) is 21.9 Å². The minimum atomic E-state index is -4.32. The highest BCUT2D eigenvalue weighted by molar-refractivity contribution is 7.90. The second-order valence-electron chi connectivity index (χ2n) is 7.66. The molecule has 0 aliphatic carbocycles. The summed E-state index contributed by atoms with van der Waals surface area (Å²) in [7, 11) is -4.32. The minimum Gasteiger partial charge on any atom is -0.356 e. The summed E-state index contributed by atoms with van der Waals surface area (Å²) < 4.78 is 59.4. The van der Waals surface area contributed by atoms with Crippen molar-refractivity contribution in [3.63, 3.8) is 0 Å². The standard InChI is InChI=1S/C24H20F2N2O5S/c25-18-8-6-16(7-9-18)14-28-21(29)15-33-23(22(28)17-4-2-1-3-5-17)24(30)27-34(31,32)20-12-10-19(26)11-13-20/h1-13,22-23H,14-15H2,(H,27,30)/t22-,23-/m1/s1. The van der Waals surface area contributed by atoms with E-state index in [9.17, 15) is 26.8 Å². The van der Waals surface area contributed by atoms with Gasteiger partial charge in [0.1, 0.15) is 18.2 Å². The first-order chi connectivity index (χ1) is 16.2. The zero-order valence-corrected chi connectivity index (χ0v) is 18.5. The highest BCUT2D eigenvalue weighted by atomic mass is 32.2. The smallest absolute Gasteiger partial charge is 0.265 e. The van der Waals surface area contributed by atoms with Crippen molar-refractivity contribution in [1.29, 1.82) is 0 Å². The lowest BCUT2D eigenvalue weighted by Gasteiger charge is -2.40. The van der Waals surface area contributed by atoms with Crippen molar-refractivity contribution in [2.45, 2.75) is 23.6 Å². The Morgan fingerprint density at radius 2 is 1.53 bits per heavy atom. The van der Waals surface area contributed by atoms with Gasteiger partial charge in [-0.2, -0.15) is 0 Å². The van der Waals surface area contributed by atoms with Gasteiger partial charge in [0.25, 0.3) is 15.9 Å². The van der Waals surface area contributed by atoms with Gasteiger partial charge in [0.2, 0.25) is 5.91 Å². The Kier molecular flexibility index (Phi) is 6.71. The summed E-state index contributed by atoms with van der Waals surface area (Å²) in [5.41, 5.74) is 1.17. The fraction of sp³-hybridized carbons (Fsp3) is 0.167. The number of carbonyl (C=O) groups is 2. The number of hydrogen-bond acceptors (Lipinski definition) is 5. The number of ether oxygens (including phenoxy) is 1. The normalized spacial score (nSPS) is 18.5. The zero-order valence-electron chi connectivity index (χ0n) is 17.7. The van der Waals surface area contributed by atoms with E-state index in [1.165, 1.54) is 29.2 Å². The quantitative estimate of drug-likeness (QED) is 0.579. The van der Waals surface area contributed by atoms with Crippen LogP contribution in [0.25, 0.3) is 0 Å².